The summed E-state index contributed by atoms with van der Waals surface area (Å²) in [5, 5.41) is 14.5. The minimum absolute atomic E-state index is 0.0464. The number of aliphatic imine (C=N–C) groups is 1. The average molecular weight is 334 g/mol. The fraction of sp³-hybridized carbons (Fsp3) is 0.529. The molecule has 0 radical (unpaired) electrons. The predicted octanol–water partition coefficient (Wildman–Crippen LogP) is 3.23. The summed E-state index contributed by atoms with van der Waals surface area (Å²) in [4.78, 5) is 14.7. The lowest BCUT2D eigenvalue weighted by atomic mass is 10.0. The van der Waals surface area contributed by atoms with Gasteiger partial charge in [-0.15, -0.1) is 0 Å². The van der Waals surface area contributed by atoms with Crippen LogP contribution in [0, 0.1) is 17.0 Å². The van der Waals surface area contributed by atoms with Crippen LogP contribution in [-0.2, 0) is 4.74 Å². The Morgan fingerprint density at radius 2 is 2.21 bits per heavy atom. The van der Waals surface area contributed by atoms with Gasteiger partial charge in [-0.25, -0.2) is 0 Å². The molecule has 1 aromatic rings. The highest BCUT2D eigenvalue weighted by Gasteiger charge is 2.14. The van der Waals surface area contributed by atoms with Gasteiger partial charge >= 0.3 is 0 Å². The fourth-order valence-electron chi connectivity index (χ4n) is 2.43. The van der Waals surface area contributed by atoms with E-state index in [0.29, 0.717) is 12.3 Å². The number of nitro benzene ring substituents is 1. The molecule has 1 heterocycles. The quantitative estimate of drug-likeness (QED) is 0.386. The number of ether oxygens (including phenoxy) is 1. The number of nitrogens with zero attached hydrogens (tertiary/aromatic N) is 3. The van der Waals surface area contributed by atoms with Crippen molar-refractivity contribution in [3.63, 3.8) is 0 Å². The molecule has 0 aromatic heterocycles. The van der Waals surface area contributed by atoms with Crippen molar-refractivity contribution in [2.75, 3.05) is 13.2 Å². The molecule has 2 rings (SSSR count). The summed E-state index contributed by atoms with van der Waals surface area (Å²) in [6.45, 7) is 7.15. The number of hydrazone groups is 1. The predicted molar refractivity (Wildman–Crippen MR) is 96.9 cm³/mol. The monoisotopic (exact) mass is 334 g/mol. The zero-order chi connectivity index (χ0) is 17.9. The molecule has 1 fully saturated rings. The van der Waals surface area contributed by atoms with E-state index in [0.717, 1.165) is 30.6 Å². The Morgan fingerprint density at radius 3 is 2.75 bits per heavy atom. The number of benzene rings is 1. The van der Waals surface area contributed by atoms with Crippen LogP contribution in [0.2, 0.25) is 0 Å². The minimum Gasteiger partial charge on any atom is -0.376 e. The Kier molecular flexibility index (Phi) is 8.64. The van der Waals surface area contributed by atoms with Crippen LogP contribution < -0.4 is 5.84 Å². The number of nitro groups is 1. The molecule has 0 bridgehead atoms. The van der Waals surface area contributed by atoms with E-state index in [1.54, 1.807) is 19.2 Å². The molecule has 1 aliphatic heterocycles. The van der Waals surface area contributed by atoms with Crippen LogP contribution in [0.5, 0.6) is 0 Å². The standard InChI is InChI=1S/C15H20N4O3.C2H6/c1-11-8-12(19(20)21)5-6-14(11)15(18-16)10-17-9-13-4-2-3-7-22-13;1-2/h5-6,8,10,13H,2-4,7,9,16H2,1H3;1-2H3/b17-10?,18-15+;. The van der Waals surface area contributed by atoms with E-state index >= 15 is 0 Å². The lowest BCUT2D eigenvalue weighted by Gasteiger charge is -2.20. The van der Waals surface area contributed by atoms with Crippen LogP contribution >= 0.6 is 0 Å². The second-order valence-electron chi connectivity index (χ2n) is 5.25. The first-order chi connectivity index (χ1) is 11.6. The van der Waals surface area contributed by atoms with Crippen molar-refractivity contribution in [1.29, 1.82) is 0 Å². The molecule has 0 spiro atoms. The first kappa shape index (κ1) is 19.8. The Labute approximate surface area is 142 Å². The summed E-state index contributed by atoms with van der Waals surface area (Å²) >= 11 is 0. The second-order valence-corrected chi connectivity index (χ2v) is 5.25. The van der Waals surface area contributed by atoms with Crippen molar-refractivity contribution < 1.29 is 9.66 Å². The third-order valence-electron chi connectivity index (χ3n) is 3.63. The largest absolute Gasteiger partial charge is 0.376 e. The molecule has 132 valence electrons. The number of aryl methyl sites for hydroxylation is 1. The number of rotatable bonds is 5. The van der Waals surface area contributed by atoms with E-state index < -0.39 is 4.92 Å². The van der Waals surface area contributed by atoms with Gasteiger partial charge in [0.1, 0.15) is 5.71 Å². The highest BCUT2D eigenvalue weighted by atomic mass is 16.6. The zero-order valence-electron chi connectivity index (χ0n) is 14.6. The van der Waals surface area contributed by atoms with E-state index in [4.69, 9.17) is 10.6 Å². The lowest BCUT2D eigenvalue weighted by Crippen LogP contribution is -2.22. The molecular formula is C17H26N4O3. The molecule has 24 heavy (non-hydrogen) atoms. The van der Waals surface area contributed by atoms with Gasteiger partial charge in [0.05, 0.1) is 17.6 Å². The summed E-state index contributed by atoms with van der Waals surface area (Å²) in [6.07, 6.45) is 5.05. The van der Waals surface area contributed by atoms with Crippen LogP contribution in [0.25, 0.3) is 0 Å². The molecule has 1 aliphatic rings. The summed E-state index contributed by atoms with van der Waals surface area (Å²) in [7, 11) is 0. The maximum Gasteiger partial charge on any atom is 0.269 e. The molecule has 0 aliphatic carbocycles. The minimum atomic E-state index is -0.426. The smallest absolute Gasteiger partial charge is 0.269 e. The lowest BCUT2D eigenvalue weighted by molar-refractivity contribution is -0.384. The van der Waals surface area contributed by atoms with Gasteiger partial charge < -0.3 is 10.6 Å². The van der Waals surface area contributed by atoms with Crippen LogP contribution in [0.3, 0.4) is 0 Å². The van der Waals surface area contributed by atoms with Crippen molar-refractivity contribution in [2.24, 2.45) is 15.9 Å². The molecule has 1 aromatic carbocycles. The van der Waals surface area contributed by atoms with Gasteiger partial charge in [-0.2, -0.15) is 5.10 Å². The number of hydrogen-bond acceptors (Lipinski definition) is 6. The van der Waals surface area contributed by atoms with E-state index in [1.165, 1.54) is 18.6 Å². The maximum atomic E-state index is 10.8. The summed E-state index contributed by atoms with van der Waals surface area (Å²) in [6, 6.07) is 4.58. The van der Waals surface area contributed by atoms with E-state index in [2.05, 4.69) is 10.1 Å². The van der Waals surface area contributed by atoms with Gasteiger partial charge in [0.15, 0.2) is 0 Å². The summed E-state index contributed by atoms with van der Waals surface area (Å²) in [5.41, 5.74) is 2.02. The van der Waals surface area contributed by atoms with Gasteiger partial charge in [-0.1, -0.05) is 13.8 Å². The molecular weight excluding hydrogens is 308 g/mol. The van der Waals surface area contributed by atoms with Gasteiger partial charge in [-0.3, -0.25) is 15.1 Å². The number of nitrogens with two attached hydrogens (primary N) is 1. The maximum absolute atomic E-state index is 10.8. The van der Waals surface area contributed by atoms with Crippen molar-refractivity contribution in [2.45, 2.75) is 46.1 Å². The van der Waals surface area contributed by atoms with Crippen molar-refractivity contribution >= 4 is 17.6 Å². The van der Waals surface area contributed by atoms with Gasteiger partial charge in [0, 0.05) is 30.5 Å². The van der Waals surface area contributed by atoms with Gasteiger partial charge in [-0.05, 0) is 37.8 Å². The molecule has 2 N–H and O–H groups in total. The zero-order valence-corrected chi connectivity index (χ0v) is 14.6. The second kappa shape index (κ2) is 10.5. The Bertz CT molecular complexity index is 593. The van der Waals surface area contributed by atoms with E-state index in [-0.39, 0.29) is 11.8 Å². The Balaban J connectivity index is 0.00000139. The molecule has 0 saturated carbocycles. The highest BCUT2D eigenvalue weighted by Crippen LogP contribution is 2.17. The third-order valence-corrected chi connectivity index (χ3v) is 3.63. The van der Waals surface area contributed by atoms with Crippen LogP contribution in [-0.4, -0.2) is 36.1 Å². The first-order valence-corrected chi connectivity index (χ1v) is 8.26. The van der Waals surface area contributed by atoms with Gasteiger partial charge in [0.2, 0.25) is 0 Å². The average Bonchev–Trinajstić information content (AvgIpc) is 2.62. The SMILES string of the molecule is CC.Cc1cc([N+](=O)[O-])ccc1/C(C=NCC1CCCCO1)=N/N. The van der Waals surface area contributed by atoms with Crippen LogP contribution in [0.15, 0.2) is 28.3 Å². The molecule has 7 heteroatoms. The molecule has 1 atom stereocenters. The topological polar surface area (TPSA) is 103 Å². The normalized spacial score (nSPS) is 18.1. The Morgan fingerprint density at radius 1 is 1.46 bits per heavy atom. The van der Waals surface area contributed by atoms with Gasteiger partial charge in [0.25, 0.3) is 5.69 Å². The van der Waals surface area contributed by atoms with E-state index in [1.807, 2.05) is 13.8 Å². The van der Waals surface area contributed by atoms with E-state index in [9.17, 15) is 10.1 Å². The third kappa shape index (κ3) is 5.73. The highest BCUT2D eigenvalue weighted by molar-refractivity contribution is 6.38. The van der Waals surface area contributed by atoms with Crippen molar-refractivity contribution in [1.82, 2.24) is 0 Å². The summed E-state index contributed by atoms with van der Waals surface area (Å²) in [5.74, 6) is 5.42. The van der Waals surface area contributed by atoms with Crippen LogP contribution in [0.4, 0.5) is 5.69 Å². The first-order valence-electron chi connectivity index (χ1n) is 8.26. The Hall–Kier alpha value is -2.28. The van der Waals surface area contributed by atoms with Crippen LogP contribution in [0.1, 0.15) is 44.2 Å². The van der Waals surface area contributed by atoms with Crippen molar-refractivity contribution in [3.8, 4) is 0 Å². The fourth-order valence-corrected chi connectivity index (χ4v) is 2.43. The van der Waals surface area contributed by atoms with Crippen molar-refractivity contribution in [3.05, 3.63) is 39.4 Å². The summed E-state index contributed by atoms with van der Waals surface area (Å²) < 4.78 is 5.61. The molecule has 1 unspecified atom stereocenters. The number of non-ortho nitro benzene ring substituents is 1. The number of hydrogen-bond donors (Lipinski definition) is 1. The molecule has 0 amide bonds. The molecule has 1 saturated heterocycles. The molecule has 7 nitrogen and oxygen atoms in total.